The second-order valence-corrected chi connectivity index (χ2v) is 4.70. The average Bonchev–Trinajstić information content (AvgIpc) is 2.42. The molecule has 1 aromatic heterocycles. The van der Waals surface area contributed by atoms with Crippen LogP contribution in [0.1, 0.15) is 32.5 Å². The summed E-state index contributed by atoms with van der Waals surface area (Å²) in [5.74, 6) is 2.74. The topological polar surface area (TPSA) is 38.0 Å². The van der Waals surface area contributed by atoms with Gasteiger partial charge in [-0.05, 0) is 24.7 Å². The molecule has 0 radical (unpaired) electrons. The third-order valence-corrected chi connectivity index (χ3v) is 2.90. The van der Waals surface area contributed by atoms with Gasteiger partial charge >= 0.3 is 0 Å². The fourth-order valence-corrected chi connectivity index (χ4v) is 2.35. The summed E-state index contributed by atoms with van der Waals surface area (Å²) >= 11 is 0. The molecule has 2 heterocycles. The Morgan fingerprint density at radius 3 is 3.14 bits per heavy atom. The lowest BCUT2D eigenvalue weighted by Gasteiger charge is -2.24. The number of aromatic hydroxyl groups is 1. The third kappa shape index (κ3) is 1.91. The summed E-state index contributed by atoms with van der Waals surface area (Å²) in [6.07, 6.45) is 5.26. The maximum Gasteiger partial charge on any atom is 0.229 e. The van der Waals surface area contributed by atoms with Crippen LogP contribution in [0.5, 0.6) is 5.88 Å². The molecular formula is C11H18N2O. The molecule has 1 aliphatic heterocycles. The minimum atomic E-state index is 0.171. The van der Waals surface area contributed by atoms with Crippen LogP contribution in [0.25, 0.3) is 0 Å². The fourth-order valence-electron chi connectivity index (χ4n) is 2.35. The lowest BCUT2D eigenvalue weighted by atomic mass is 9.89. The van der Waals surface area contributed by atoms with Crippen LogP contribution in [0.4, 0.5) is 0 Å². The number of fused-ring (bicyclic) bond motifs is 1. The highest BCUT2D eigenvalue weighted by Gasteiger charge is 2.21. The molecule has 2 rings (SSSR count). The first-order valence-electron chi connectivity index (χ1n) is 5.40. The van der Waals surface area contributed by atoms with Crippen molar-refractivity contribution >= 4 is 0 Å². The molecule has 0 aromatic carbocycles. The number of aryl methyl sites for hydroxylation is 1. The van der Waals surface area contributed by atoms with Crippen LogP contribution in [0.3, 0.4) is 0 Å². The Balaban J connectivity index is 2.05. The summed E-state index contributed by atoms with van der Waals surface area (Å²) in [6, 6.07) is 0. The summed E-state index contributed by atoms with van der Waals surface area (Å²) in [5, 5.41) is 9.26. The molecule has 0 saturated carbocycles. The van der Waals surface area contributed by atoms with Crippen molar-refractivity contribution in [3.63, 3.8) is 0 Å². The van der Waals surface area contributed by atoms with Gasteiger partial charge < -0.3 is 9.67 Å². The van der Waals surface area contributed by atoms with E-state index in [0.717, 1.165) is 30.6 Å². The predicted octanol–water partition coefficient (Wildman–Crippen LogP) is 2.20. The fraction of sp³-hybridized carbons (Fsp3) is 0.727. The molecule has 0 amide bonds. The summed E-state index contributed by atoms with van der Waals surface area (Å²) in [5.41, 5.74) is 0. The van der Waals surface area contributed by atoms with Crippen molar-refractivity contribution in [3.05, 3.63) is 12.0 Å². The van der Waals surface area contributed by atoms with Gasteiger partial charge in [-0.15, -0.1) is 0 Å². The van der Waals surface area contributed by atoms with Gasteiger partial charge in [-0.1, -0.05) is 13.8 Å². The summed E-state index contributed by atoms with van der Waals surface area (Å²) < 4.78 is 2.08. The van der Waals surface area contributed by atoms with Gasteiger partial charge in [0.15, 0.2) is 0 Å². The molecule has 0 aliphatic carbocycles. The standard InChI is InChI=1S/C11H18N2O/c1-8(2)5-9-3-4-13-7-11(14)12-10(13)6-9/h7-9,14H,3-6H2,1-2H3. The van der Waals surface area contributed by atoms with E-state index in [9.17, 15) is 5.11 Å². The third-order valence-electron chi connectivity index (χ3n) is 2.90. The Labute approximate surface area is 84.8 Å². The molecule has 1 atom stereocenters. The lowest BCUT2D eigenvalue weighted by molar-refractivity contribution is 0.324. The second-order valence-electron chi connectivity index (χ2n) is 4.70. The monoisotopic (exact) mass is 194 g/mol. The van der Waals surface area contributed by atoms with E-state index in [0.29, 0.717) is 0 Å². The summed E-state index contributed by atoms with van der Waals surface area (Å²) in [4.78, 5) is 4.13. The van der Waals surface area contributed by atoms with Crippen molar-refractivity contribution in [1.29, 1.82) is 0 Å². The summed E-state index contributed by atoms with van der Waals surface area (Å²) in [7, 11) is 0. The Morgan fingerprint density at radius 2 is 2.43 bits per heavy atom. The van der Waals surface area contributed by atoms with Crippen LogP contribution >= 0.6 is 0 Å². The molecule has 1 N–H and O–H groups in total. The zero-order valence-corrected chi connectivity index (χ0v) is 8.90. The van der Waals surface area contributed by atoms with Crippen LogP contribution in [0.15, 0.2) is 6.20 Å². The summed E-state index contributed by atoms with van der Waals surface area (Å²) in [6.45, 7) is 5.54. The van der Waals surface area contributed by atoms with E-state index in [1.54, 1.807) is 6.20 Å². The van der Waals surface area contributed by atoms with Crippen molar-refractivity contribution in [3.8, 4) is 5.88 Å². The number of hydrogen-bond acceptors (Lipinski definition) is 2. The van der Waals surface area contributed by atoms with Gasteiger partial charge in [0.25, 0.3) is 0 Å². The average molecular weight is 194 g/mol. The normalized spacial score (nSPS) is 21.2. The van der Waals surface area contributed by atoms with Gasteiger partial charge in [0.1, 0.15) is 5.82 Å². The van der Waals surface area contributed by atoms with E-state index < -0.39 is 0 Å². The molecule has 1 unspecified atom stereocenters. The lowest BCUT2D eigenvalue weighted by Crippen LogP contribution is -2.20. The first-order valence-corrected chi connectivity index (χ1v) is 5.40. The molecule has 14 heavy (non-hydrogen) atoms. The maximum absolute atomic E-state index is 9.26. The molecule has 1 aliphatic rings. The van der Waals surface area contributed by atoms with Crippen LogP contribution < -0.4 is 0 Å². The van der Waals surface area contributed by atoms with Crippen molar-refractivity contribution < 1.29 is 5.11 Å². The second kappa shape index (κ2) is 3.64. The highest BCUT2D eigenvalue weighted by atomic mass is 16.3. The number of aromatic nitrogens is 2. The SMILES string of the molecule is CC(C)CC1CCn2cc(O)nc2C1. The van der Waals surface area contributed by atoms with Gasteiger partial charge in [0, 0.05) is 13.0 Å². The zero-order chi connectivity index (χ0) is 10.1. The van der Waals surface area contributed by atoms with E-state index >= 15 is 0 Å². The van der Waals surface area contributed by atoms with Crippen molar-refractivity contribution in [2.45, 2.75) is 39.7 Å². The zero-order valence-electron chi connectivity index (χ0n) is 8.90. The van der Waals surface area contributed by atoms with Gasteiger partial charge in [0.05, 0.1) is 6.20 Å². The smallest absolute Gasteiger partial charge is 0.229 e. The van der Waals surface area contributed by atoms with E-state index in [1.807, 2.05) is 0 Å². The van der Waals surface area contributed by atoms with Gasteiger partial charge in [-0.2, -0.15) is 4.98 Å². The molecule has 0 spiro atoms. The number of nitrogens with zero attached hydrogens (tertiary/aromatic N) is 2. The Kier molecular flexibility index (Phi) is 2.48. The predicted molar refractivity (Wildman–Crippen MR) is 55.2 cm³/mol. The Morgan fingerprint density at radius 1 is 1.64 bits per heavy atom. The van der Waals surface area contributed by atoms with Crippen LogP contribution in [0.2, 0.25) is 0 Å². The molecule has 78 valence electrons. The number of rotatable bonds is 2. The van der Waals surface area contributed by atoms with E-state index in [4.69, 9.17) is 0 Å². The van der Waals surface area contributed by atoms with Gasteiger partial charge in [-0.3, -0.25) is 0 Å². The molecule has 3 heteroatoms. The van der Waals surface area contributed by atoms with Crippen LogP contribution in [0, 0.1) is 11.8 Å². The van der Waals surface area contributed by atoms with Crippen molar-refractivity contribution in [1.82, 2.24) is 9.55 Å². The quantitative estimate of drug-likeness (QED) is 0.783. The molecule has 0 fully saturated rings. The highest BCUT2D eigenvalue weighted by molar-refractivity contribution is 5.10. The largest absolute Gasteiger partial charge is 0.492 e. The molecule has 1 aromatic rings. The van der Waals surface area contributed by atoms with Gasteiger partial charge in [0.2, 0.25) is 5.88 Å². The molecule has 0 bridgehead atoms. The Hall–Kier alpha value is -0.990. The maximum atomic E-state index is 9.26. The number of hydrogen-bond donors (Lipinski definition) is 1. The Bertz CT molecular complexity index is 317. The van der Waals surface area contributed by atoms with Crippen molar-refractivity contribution in [2.24, 2.45) is 11.8 Å². The van der Waals surface area contributed by atoms with E-state index in [-0.39, 0.29) is 5.88 Å². The van der Waals surface area contributed by atoms with Crippen LogP contribution in [-0.4, -0.2) is 14.7 Å². The van der Waals surface area contributed by atoms with Crippen molar-refractivity contribution in [2.75, 3.05) is 0 Å². The van der Waals surface area contributed by atoms with E-state index in [1.165, 1.54) is 12.8 Å². The number of imidazole rings is 1. The van der Waals surface area contributed by atoms with Gasteiger partial charge in [-0.25, -0.2) is 0 Å². The van der Waals surface area contributed by atoms with E-state index in [2.05, 4.69) is 23.4 Å². The molecular weight excluding hydrogens is 176 g/mol. The van der Waals surface area contributed by atoms with Crippen LogP contribution in [-0.2, 0) is 13.0 Å². The first kappa shape index (κ1) is 9.56. The molecule has 0 saturated heterocycles. The molecule has 3 nitrogen and oxygen atoms in total. The minimum absolute atomic E-state index is 0.171. The minimum Gasteiger partial charge on any atom is -0.492 e. The first-order chi connectivity index (χ1) is 6.65. The highest BCUT2D eigenvalue weighted by Crippen LogP contribution is 2.26.